The third-order valence-corrected chi connectivity index (χ3v) is 2.87. The van der Waals surface area contributed by atoms with Gasteiger partial charge in [0.1, 0.15) is 0 Å². The Kier molecular flexibility index (Phi) is 3.68. The van der Waals surface area contributed by atoms with Crippen molar-refractivity contribution < 1.29 is 0 Å². The van der Waals surface area contributed by atoms with Crippen molar-refractivity contribution in [2.45, 2.75) is 19.8 Å². The first-order valence-corrected chi connectivity index (χ1v) is 5.24. The Bertz CT molecular complexity index is 289. The molecule has 0 aliphatic rings. The molecule has 0 amide bonds. The number of anilines is 1. The summed E-state index contributed by atoms with van der Waals surface area (Å²) in [6, 6.07) is 0. The van der Waals surface area contributed by atoms with Crippen LogP contribution in [0.1, 0.15) is 19.8 Å². The van der Waals surface area contributed by atoms with Gasteiger partial charge in [-0.25, -0.2) is 4.68 Å². The molecule has 0 aliphatic heterocycles. The van der Waals surface area contributed by atoms with E-state index in [9.17, 15) is 0 Å². The Hall–Kier alpha value is -0.420. The molecule has 12 heavy (non-hydrogen) atoms. The average Bonchev–Trinajstić information content (AvgIpc) is 2.32. The zero-order chi connectivity index (χ0) is 8.97. The number of hydrogen-bond acceptors (Lipinski definition) is 4. The van der Waals surface area contributed by atoms with Crippen molar-refractivity contribution in [3.63, 3.8) is 0 Å². The Morgan fingerprint density at radius 1 is 1.67 bits per heavy atom. The molecular formula is C7H13N3S2. The van der Waals surface area contributed by atoms with Gasteiger partial charge in [0.05, 0.1) is 0 Å². The van der Waals surface area contributed by atoms with Crippen molar-refractivity contribution in [3.05, 3.63) is 3.95 Å². The zero-order valence-electron chi connectivity index (χ0n) is 7.33. The maximum atomic E-state index is 5.03. The number of aromatic nitrogens is 2. The molecule has 0 unspecified atom stereocenters. The first-order valence-electron chi connectivity index (χ1n) is 4.02. The molecule has 0 aliphatic carbocycles. The summed E-state index contributed by atoms with van der Waals surface area (Å²) >= 11 is 6.55. The lowest BCUT2D eigenvalue weighted by molar-refractivity contribution is 0.754. The summed E-state index contributed by atoms with van der Waals surface area (Å²) in [4.78, 5) is 0. The van der Waals surface area contributed by atoms with Crippen molar-refractivity contribution in [1.29, 1.82) is 0 Å². The summed E-state index contributed by atoms with van der Waals surface area (Å²) < 4.78 is 2.53. The fourth-order valence-corrected chi connectivity index (χ4v) is 1.74. The smallest absolute Gasteiger partial charge is 0.204 e. The van der Waals surface area contributed by atoms with Gasteiger partial charge in [-0.3, -0.25) is 0 Å². The molecular weight excluding hydrogens is 190 g/mol. The van der Waals surface area contributed by atoms with Crippen molar-refractivity contribution in [2.24, 2.45) is 7.05 Å². The Labute approximate surface area is 81.4 Å². The Balaban J connectivity index is 2.47. The number of hydrogen-bond donors (Lipinski definition) is 1. The molecule has 0 atom stereocenters. The lowest BCUT2D eigenvalue weighted by Crippen LogP contribution is -2.01. The van der Waals surface area contributed by atoms with E-state index in [4.69, 9.17) is 12.2 Å². The molecule has 0 radical (unpaired) electrons. The van der Waals surface area contributed by atoms with Crippen LogP contribution in [0.3, 0.4) is 0 Å². The van der Waals surface area contributed by atoms with Gasteiger partial charge in [-0.1, -0.05) is 24.7 Å². The predicted octanol–water partition coefficient (Wildman–Crippen LogP) is 2.42. The van der Waals surface area contributed by atoms with E-state index < -0.39 is 0 Å². The van der Waals surface area contributed by atoms with E-state index in [0.29, 0.717) is 0 Å². The Morgan fingerprint density at radius 3 is 2.92 bits per heavy atom. The van der Waals surface area contributed by atoms with Crippen LogP contribution in [0.5, 0.6) is 0 Å². The Morgan fingerprint density at radius 2 is 2.42 bits per heavy atom. The van der Waals surface area contributed by atoms with Crippen LogP contribution in [0, 0.1) is 3.95 Å². The molecule has 1 heterocycles. The SMILES string of the molecule is CCCCNc1nn(C)c(=S)s1. The molecule has 0 fully saturated rings. The van der Waals surface area contributed by atoms with Gasteiger partial charge in [-0.05, 0) is 18.6 Å². The number of aryl methyl sites for hydroxylation is 1. The van der Waals surface area contributed by atoms with Gasteiger partial charge in [0.2, 0.25) is 5.13 Å². The van der Waals surface area contributed by atoms with Crippen LogP contribution in [0.2, 0.25) is 0 Å². The first-order chi connectivity index (χ1) is 5.74. The third-order valence-electron chi connectivity index (χ3n) is 1.50. The quantitative estimate of drug-likeness (QED) is 0.602. The summed E-state index contributed by atoms with van der Waals surface area (Å²) in [6.07, 6.45) is 2.38. The van der Waals surface area contributed by atoms with E-state index in [2.05, 4.69) is 17.3 Å². The van der Waals surface area contributed by atoms with Gasteiger partial charge in [-0.15, -0.1) is 5.10 Å². The van der Waals surface area contributed by atoms with Crippen molar-refractivity contribution in [3.8, 4) is 0 Å². The van der Waals surface area contributed by atoms with E-state index >= 15 is 0 Å². The third kappa shape index (κ3) is 2.57. The lowest BCUT2D eigenvalue weighted by atomic mass is 10.3. The topological polar surface area (TPSA) is 29.9 Å². The van der Waals surface area contributed by atoms with Crippen molar-refractivity contribution >= 4 is 28.7 Å². The van der Waals surface area contributed by atoms with Gasteiger partial charge in [0, 0.05) is 13.6 Å². The summed E-state index contributed by atoms with van der Waals surface area (Å²) in [6.45, 7) is 3.15. The summed E-state index contributed by atoms with van der Waals surface area (Å²) in [5.74, 6) is 0. The molecule has 0 spiro atoms. The minimum Gasteiger partial charge on any atom is -0.360 e. The molecule has 3 nitrogen and oxygen atoms in total. The monoisotopic (exact) mass is 203 g/mol. The van der Waals surface area contributed by atoms with Crippen LogP contribution in [-0.2, 0) is 7.05 Å². The fraction of sp³-hybridized carbons (Fsp3) is 0.714. The number of unbranched alkanes of at least 4 members (excludes halogenated alkanes) is 1. The predicted molar refractivity (Wildman–Crippen MR) is 55.3 cm³/mol. The van der Waals surface area contributed by atoms with Crippen molar-refractivity contribution in [2.75, 3.05) is 11.9 Å². The summed E-state index contributed by atoms with van der Waals surface area (Å²) in [5.41, 5.74) is 0. The molecule has 68 valence electrons. The lowest BCUT2D eigenvalue weighted by Gasteiger charge is -1.97. The van der Waals surface area contributed by atoms with Crippen LogP contribution in [0.4, 0.5) is 5.13 Å². The average molecular weight is 203 g/mol. The molecule has 1 rings (SSSR count). The van der Waals surface area contributed by atoms with Crippen LogP contribution in [-0.4, -0.2) is 16.3 Å². The minimum absolute atomic E-state index is 0.814. The van der Waals surface area contributed by atoms with Gasteiger partial charge in [-0.2, -0.15) is 0 Å². The second-order valence-electron chi connectivity index (χ2n) is 2.58. The molecule has 0 saturated carbocycles. The molecule has 0 saturated heterocycles. The van der Waals surface area contributed by atoms with E-state index in [0.717, 1.165) is 15.6 Å². The maximum absolute atomic E-state index is 5.03. The van der Waals surface area contributed by atoms with E-state index in [1.165, 1.54) is 24.2 Å². The highest BCUT2D eigenvalue weighted by molar-refractivity contribution is 7.73. The van der Waals surface area contributed by atoms with Crippen LogP contribution in [0.15, 0.2) is 0 Å². The molecule has 5 heteroatoms. The molecule has 0 bridgehead atoms. The zero-order valence-corrected chi connectivity index (χ0v) is 8.97. The van der Waals surface area contributed by atoms with Crippen LogP contribution in [0.25, 0.3) is 0 Å². The summed E-state index contributed by atoms with van der Waals surface area (Å²) in [5, 5.41) is 8.36. The van der Waals surface area contributed by atoms with Crippen LogP contribution >= 0.6 is 23.6 Å². The molecule has 0 aromatic carbocycles. The second kappa shape index (κ2) is 4.57. The highest BCUT2D eigenvalue weighted by Crippen LogP contribution is 2.12. The van der Waals surface area contributed by atoms with E-state index in [-0.39, 0.29) is 0 Å². The standard InChI is InChI=1S/C7H13N3S2/c1-3-4-5-8-6-9-10(2)7(11)12-6/h3-5H2,1-2H3,(H,8,9). The minimum atomic E-state index is 0.814. The molecule has 1 aromatic heterocycles. The van der Waals surface area contributed by atoms with Gasteiger partial charge in [0.25, 0.3) is 0 Å². The molecule has 1 N–H and O–H groups in total. The highest BCUT2D eigenvalue weighted by Gasteiger charge is 1.97. The van der Waals surface area contributed by atoms with Gasteiger partial charge in [0.15, 0.2) is 3.95 Å². The van der Waals surface area contributed by atoms with Gasteiger partial charge >= 0.3 is 0 Å². The van der Waals surface area contributed by atoms with E-state index in [1.807, 2.05) is 7.05 Å². The first kappa shape index (κ1) is 9.67. The normalized spacial score (nSPS) is 10.2. The summed E-state index contributed by atoms with van der Waals surface area (Å²) in [7, 11) is 1.86. The highest BCUT2D eigenvalue weighted by atomic mass is 32.1. The van der Waals surface area contributed by atoms with Gasteiger partial charge < -0.3 is 5.32 Å². The number of nitrogens with zero attached hydrogens (tertiary/aromatic N) is 2. The van der Waals surface area contributed by atoms with E-state index in [1.54, 1.807) is 4.68 Å². The van der Waals surface area contributed by atoms with Crippen LogP contribution < -0.4 is 5.32 Å². The number of rotatable bonds is 4. The molecule has 1 aromatic rings. The van der Waals surface area contributed by atoms with Crippen molar-refractivity contribution in [1.82, 2.24) is 9.78 Å². The fourth-order valence-electron chi connectivity index (χ4n) is 0.790. The maximum Gasteiger partial charge on any atom is 0.204 e. The number of nitrogens with one attached hydrogen (secondary N) is 1. The largest absolute Gasteiger partial charge is 0.360 e. The second-order valence-corrected chi connectivity index (χ2v) is 4.20.